The fourth-order valence-electron chi connectivity index (χ4n) is 3.73. The maximum absolute atomic E-state index is 13.1. The van der Waals surface area contributed by atoms with Crippen molar-refractivity contribution in [1.29, 1.82) is 0 Å². The summed E-state index contributed by atoms with van der Waals surface area (Å²) in [5.41, 5.74) is 1.48. The van der Waals surface area contributed by atoms with Gasteiger partial charge >= 0.3 is 5.69 Å². The number of fused-ring (bicyclic) bond motifs is 1. The van der Waals surface area contributed by atoms with Crippen molar-refractivity contribution in [2.45, 2.75) is 4.90 Å². The number of aryl methyl sites for hydroxylation is 2. The average molecular weight is 449 g/mol. The molecule has 0 bridgehead atoms. The van der Waals surface area contributed by atoms with Gasteiger partial charge in [-0.2, -0.15) is 4.31 Å². The largest absolute Gasteiger partial charge is 0.336 e. The van der Waals surface area contributed by atoms with Crippen LogP contribution in [0.1, 0.15) is 10.4 Å². The van der Waals surface area contributed by atoms with Gasteiger partial charge in [-0.1, -0.05) is 17.7 Å². The molecular formula is C20H21ClN4O4S. The van der Waals surface area contributed by atoms with Gasteiger partial charge in [0.15, 0.2) is 0 Å². The van der Waals surface area contributed by atoms with Crippen molar-refractivity contribution in [2.24, 2.45) is 14.1 Å². The molecule has 30 heavy (non-hydrogen) atoms. The number of hydrogen-bond donors (Lipinski definition) is 0. The minimum absolute atomic E-state index is 0.130. The molecule has 1 fully saturated rings. The number of sulfonamides is 1. The highest BCUT2D eigenvalue weighted by Gasteiger charge is 2.31. The van der Waals surface area contributed by atoms with Crippen molar-refractivity contribution in [2.75, 3.05) is 26.2 Å². The molecule has 1 aromatic heterocycles. The molecule has 1 amide bonds. The number of hydrogen-bond acceptors (Lipinski definition) is 4. The first-order valence-corrected chi connectivity index (χ1v) is 11.2. The van der Waals surface area contributed by atoms with Gasteiger partial charge in [0.1, 0.15) is 0 Å². The molecule has 0 saturated carbocycles. The first kappa shape index (κ1) is 20.6. The van der Waals surface area contributed by atoms with E-state index < -0.39 is 10.0 Å². The van der Waals surface area contributed by atoms with Gasteiger partial charge in [0.2, 0.25) is 10.0 Å². The number of carbonyl (C=O) groups excluding carboxylic acids is 1. The van der Waals surface area contributed by atoms with E-state index in [1.807, 2.05) is 0 Å². The van der Waals surface area contributed by atoms with Crippen LogP contribution in [0.3, 0.4) is 0 Å². The molecule has 2 aromatic carbocycles. The number of nitrogens with zero attached hydrogens (tertiary/aromatic N) is 4. The molecule has 3 aromatic rings. The fourth-order valence-corrected chi connectivity index (χ4v) is 5.36. The van der Waals surface area contributed by atoms with Crippen LogP contribution in [-0.4, -0.2) is 58.8 Å². The van der Waals surface area contributed by atoms with E-state index in [1.54, 1.807) is 49.3 Å². The number of imidazole rings is 1. The quantitative estimate of drug-likeness (QED) is 0.610. The Balaban J connectivity index is 1.54. The molecule has 1 saturated heterocycles. The summed E-state index contributed by atoms with van der Waals surface area (Å²) in [5, 5.41) is 0.479. The monoisotopic (exact) mass is 448 g/mol. The van der Waals surface area contributed by atoms with Crippen molar-refractivity contribution in [3.05, 3.63) is 63.5 Å². The molecule has 0 spiro atoms. The lowest BCUT2D eigenvalue weighted by Gasteiger charge is -2.34. The van der Waals surface area contributed by atoms with Crippen LogP contribution >= 0.6 is 11.6 Å². The number of rotatable bonds is 3. The number of piperazine rings is 1. The van der Waals surface area contributed by atoms with Crippen LogP contribution in [0.2, 0.25) is 5.02 Å². The summed E-state index contributed by atoms with van der Waals surface area (Å²) in [7, 11) is -0.485. The zero-order chi connectivity index (χ0) is 21.6. The van der Waals surface area contributed by atoms with E-state index in [-0.39, 0.29) is 42.7 Å². The second kappa shape index (κ2) is 7.57. The molecule has 0 radical (unpaired) electrons. The predicted octanol–water partition coefficient (Wildman–Crippen LogP) is 1.68. The molecule has 4 rings (SSSR count). The third kappa shape index (κ3) is 3.42. The molecule has 8 nitrogen and oxygen atoms in total. The zero-order valence-electron chi connectivity index (χ0n) is 16.6. The third-order valence-electron chi connectivity index (χ3n) is 5.48. The van der Waals surface area contributed by atoms with Crippen molar-refractivity contribution in [3.8, 4) is 0 Å². The highest BCUT2D eigenvalue weighted by Crippen LogP contribution is 2.23. The summed E-state index contributed by atoms with van der Waals surface area (Å²) in [6.07, 6.45) is 0. The van der Waals surface area contributed by atoms with E-state index in [0.29, 0.717) is 21.6 Å². The number of carbonyl (C=O) groups is 1. The molecule has 10 heteroatoms. The number of amides is 1. The lowest BCUT2D eigenvalue weighted by molar-refractivity contribution is 0.0698. The molecule has 0 N–H and O–H groups in total. The third-order valence-corrected chi connectivity index (χ3v) is 7.61. The van der Waals surface area contributed by atoms with Crippen LogP contribution < -0.4 is 5.69 Å². The molecule has 0 aliphatic carbocycles. The van der Waals surface area contributed by atoms with Gasteiger partial charge in [-0.05, 0) is 36.4 Å². The standard InChI is InChI=1S/C20H21ClN4O4S/c1-22-17-7-6-16(13-18(17)23(2)20(22)27)30(28,29)25-10-8-24(9-11-25)19(26)14-4-3-5-15(21)12-14/h3-7,12-13H,8-11H2,1-2H3. The summed E-state index contributed by atoms with van der Waals surface area (Å²) in [6.45, 7) is 0.966. The van der Waals surface area contributed by atoms with Gasteiger partial charge in [0.05, 0.1) is 15.9 Å². The predicted molar refractivity (Wildman–Crippen MR) is 114 cm³/mol. The minimum Gasteiger partial charge on any atom is -0.336 e. The normalized spacial score (nSPS) is 15.6. The van der Waals surface area contributed by atoms with Crippen LogP contribution in [0, 0.1) is 0 Å². The van der Waals surface area contributed by atoms with Gasteiger partial charge < -0.3 is 4.90 Å². The lowest BCUT2D eigenvalue weighted by atomic mass is 10.2. The first-order valence-electron chi connectivity index (χ1n) is 9.40. The Bertz CT molecular complexity index is 1300. The van der Waals surface area contributed by atoms with Crippen LogP contribution in [0.15, 0.2) is 52.2 Å². The average Bonchev–Trinajstić information content (AvgIpc) is 2.97. The lowest BCUT2D eigenvalue weighted by Crippen LogP contribution is -2.50. The second-order valence-corrected chi connectivity index (χ2v) is 9.63. The second-order valence-electron chi connectivity index (χ2n) is 7.26. The molecule has 2 heterocycles. The van der Waals surface area contributed by atoms with Crippen molar-refractivity contribution >= 4 is 38.6 Å². The highest BCUT2D eigenvalue weighted by atomic mass is 35.5. The smallest absolute Gasteiger partial charge is 0.328 e. The Hall–Kier alpha value is -2.62. The van der Waals surface area contributed by atoms with E-state index in [2.05, 4.69) is 0 Å². The summed E-state index contributed by atoms with van der Waals surface area (Å²) in [4.78, 5) is 26.5. The van der Waals surface area contributed by atoms with Crippen LogP contribution in [0.5, 0.6) is 0 Å². The van der Waals surface area contributed by atoms with Gasteiger partial charge in [-0.15, -0.1) is 0 Å². The highest BCUT2D eigenvalue weighted by molar-refractivity contribution is 7.89. The topological polar surface area (TPSA) is 84.6 Å². The summed E-state index contributed by atoms with van der Waals surface area (Å²) in [6, 6.07) is 11.4. The van der Waals surface area contributed by atoms with Crippen molar-refractivity contribution < 1.29 is 13.2 Å². The van der Waals surface area contributed by atoms with Gasteiger partial charge in [0, 0.05) is 50.9 Å². The van der Waals surface area contributed by atoms with Crippen molar-refractivity contribution in [1.82, 2.24) is 18.3 Å². The van der Waals surface area contributed by atoms with Gasteiger partial charge in [0.25, 0.3) is 5.91 Å². The van der Waals surface area contributed by atoms with E-state index >= 15 is 0 Å². The van der Waals surface area contributed by atoms with Gasteiger partial charge in [-0.3, -0.25) is 13.9 Å². The number of aromatic nitrogens is 2. The van der Waals surface area contributed by atoms with Crippen LogP contribution in [0.25, 0.3) is 11.0 Å². The molecule has 158 valence electrons. The van der Waals surface area contributed by atoms with E-state index in [4.69, 9.17) is 11.6 Å². The molecular weight excluding hydrogens is 428 g/mol. The first-order chi connectivity index (χ1) is 14.2. The Morgan fingerprint density at radius 1 is 0.933 bits per heavy atom. The van der Waals surface area contributed by atoms with Crippen LogP contribution in [0.4, 0.5) is 0 Å². The zero-order valence-corrected chi connectivity index (χ0v) is 18.2. The summed E-state index contributed by atoms with van der Waals surface area (Å²) >= 11 is 5.96. The molecule has 1 aliphatic rings. The van der Waals surface area contributed by atoms with E-state index in [9.17, 15) is 18.0 Å². The Morgan fingerprint density at radius 2 is 1.60 bits per heavy atom. The number of halogens is 1. The molecule has 1 aliphatic heterocycles. The fraction of sp³-hybridized carbons (Fsp3) is 0.300. The summed E-state index contributed by atoms with van der Waals surface area (Å²) < 4.78 is 30.5. The SMILES string of the molecule is Cn1c(=O)n(C)c2cc(S(=O)(=O)N3CCN(C(=O)c4cccc(Cl)c4)CC3)ccc21. The minimum atomic E-state index is -3.74. The Morgan fingerprint density at radius 3 is 2.27 bits per heavy atom. The maximum Gasteiger partial charge on any atom is 0.328 e. The van der Waals surface area contributed by atoms with E-state index in [0.717, 1.165) is 0 Å². The van der Waals surface area contributed by atoms with Gasteiger partial charge in [-0.25, -0.2) is 13.2 Å². The Kier molecular flexibility index (Phi) is 5.21. The summed E-state index contributed by atoms with van der Waals surface area (Å²) in [5.74, 6) is -0.171. The van der Waals surface area contributed by atoms with Crippen molar-refractivity contribution in [3.63, 3.8) is 0 Å². The molecule has 0 unspecified atom stereocenters. The Labute approximate surface area is 178 Å². The van der Waals surface area contributed by atoms with Crippen LogP contribution in [-0.2, 0) is 24.1 Å². The molecule has 0 atom stereocenters. The maximum atomic E-state index is 13.1. The number of benzene rings is 2. The van der Waals surface area contributed by atoms with E-state index in [1.165, 1.54) is 25.6 Å².